The highest BCUT2D eigenvalue weighted by atomic mass is 19.1. The summed E-state index contributed by atoms with van der Waals surface area (Å²) in [6.07, 6.45) is 1.58. The molecule has 1 aliphatic rings. The van der Waals surface area contributed by atoms with E-state index in [9.17, 15) is 9.65 Å². The minimum atomic E-state index is -0.396. The molecule has 2 aromatic carbocycles. The minimum absolute atomic E-state index is 0.0161. The lowest BCUT2D eigenvalue weighted by Crippen LogP contribution is -2.38. The molecule has 0 amide bonds. The van der Waals surface area contributed by atoms with E-state index in [0.29, 0.717) is 22.8 Å². The fourth-order valence-electron chi connectivity index (χ4n) is 3.19. The minimum Gasteiger partial charge on any atom is -0.493 e. The third-order valence-corrected chi connectivity index (χ3v) is 4.53. The van der Waals surface area contributed by atoms with Gasteiger partial charge in [0.25, 0.3) is 0 Å². The summed E-state index contributed by atoms with van der Waals surface area (Å²) in [5, 5.41) is 9.24. The van der Waals surface area contributed by atoms with Gasteiger partial charge >= 0.3 is 0 Å². The quantitative estimate of drug-likeness (QED) is 0.816. The van der Waals surface area contributed by atoms with Crippen LogP contribution >= 0.6 is 0 Å². The number of nitriles is 1. The summed E-state index contributed by atoms with van der Waals surface area (Å²) in [5.41, 5.74) is 1.12. The standard InChI is InChI=1S/C20H21FN2O3/c1-24-18-4-3-5-19(25-2)20(18)26-16-8-10-23(11-9-16)17-7-6-15(21)12-14(17)13-22/h3-7,12,16H,8-11H2,1-2H3. The lowest BCUT2D eigenvalue weighted by Gasteiger charge is -2.34. The monoisotopic (exact) mass is 356 g/mol. The van der Waals surface area contributed by atoms with Crippen molar-refractivity contribution in [1.82, 2.24) is 0 Å². The topological polar surface area (TPSA) is 54.7 Å². The molecule has 1 saturated heterocycles. The SMILES string of the molecule is COc1cccc(OC)c1OC1CCN(c2ccc(F)cc2C#N)CC1. The van der Waals surface area contributed by atoms with Gasteiger partial charge in [0.15, 0.2) is 11.5 Å². The molecule has 1 heterocycles. The predicted molar refractivity (Wildman–Crippen MR) is 96.5 cm³/mol. The zero-order chi connectivity index (χ0) is 18.5. The molecule has 136 valence electrons. The lowest BCUT2D eigenvalue weighted by atomic mass is 10.0. The van der Waals surface area contributed by atoms with Crippen LogP contribution in [0.1, 0.15) is 18.4 Å². The smallest absolute Gasteiger partial charge is 0.203 e. The first-order chi connectivity index (χ1) is 12.7. The van der Waals surface area contributed by atoms with E-state index in [-0.39, 0.29) is 6.10 Å². The Morgan fingerprint density at radius 2 is 1.73 bits per heavy atom. The van der Waals surface area contributed by atoms with Crippen LogP contribution in [0.5, 0.6) is 17.2 Å². The molecule has 26 heavy (non-hydrogen) atoms. The molecule has 1 aliphatic heterocycles. The number of nitrogens with zero attached hydrogens (tertiary/aromatic N) is 2. The second kappa shape index (κ2) is 7.96. The van der Waals surface area contributed by atoms with E-state index in [4.69, 9.17) is 14.2 Å². The largest absolute Gasteiger partial charge is 0.493 e. The van der Waals surface area contributed by atoms with Crippen molar-refractivity contribution in [3.63, 3.8) is 0 Å². The van der Waals surface area contributed by atoms with Gasteiger partial charge in [0, 0.05) is 25.9 Å². The first-order valence-corrected chi connectivity index (χ1v) is 8.48. The van der Waals surface area contributed by atoms with E-state index in [1.165, 1.54) is 12.1 Å². The van der Waals surface area contributed by atoms with Gasteiger partial charge in [0.2, 0.25) is 5.75 Å². The number of rotatable bonds is 5. The maximum atomic E-state index is 13.3. The fraction of sp³-hybridized carbons (Fsp3) is 0.350. The number of para-hydroxylation sites is 1. The zero-order valence-corrected chi connectivity index (χ0v) is 14.9. The van der Waals surface area contributed by atoms with Gasteiger partial charge < -0.3 is 19.1 Å². The summed E-state index contributed by atoms with van der Waals surface area (Å²) in [6.45, 7) is 1.45. The van der Waals surface area contributed by atoms with Crippen molar-refractivity contribution in [1.29, 1.82) is 5.26 Å². The number of hydrogen-bond donors (Lipinski definition) is 0. The number of benzene rings is 2. The summed E-state index contributed by atoms with van der Waals surface area (Å²) in [7, 11) is 3.20. The normalized spacial score (nSPS) is 14.6. The fourth-order valence-corrected chi connectivity index (χ4v) is 3.19. The van der Waals surface area contributed by atoms with Crippen molar-refractivity contribution in [2.24, 2.45) is 0 Å². The van der Waals surface area contributed by atoms with Crippen LogP contribution in [0.25, 0.3) is 0 Å². The molecule has 3 rings (SSSR count). The van der Waals surface area contributed by atoms with E-state index >= 15 is 0 Å². The molecule has 5 nitrogen and oxygen atoms in total. The molecule has 0 atom stereocenters. The molecule has 0 bridgehead atoms. The van der Waals surface area contributed by atoms with Crippen molar-refractivity contribution in [2.75, 3.05) is 32.2 Å². The highest BCUT2D eigenvalue weighted by Gasteiger charge is 2.24. The first-order valence-electron chi connectivity index (χ1n) is 8.48. The molecule has 0 N–H and O–H groups in total. The van der Waals surface area contributed by atoms with Crippen molar-refractivity contribution in [3.8, 4) is 23.3 Å². The second-order valence-electron chi connectivity index (χ2n) is 6.07. The number of ether oxygens (including phenoxy) is 3. The van der Waals surface area contributed by atoms with Gasteiger partial charge in [-0.2, -0.15) is 5.26 Å². The molecule has 0 radical (unpaired) electrons. The number of halogens is 1. The first kappa shape index (κ1) is 17.9. The van der Waals surface area contributed by atoms with Gasteiger partial charge in [0.1, 0.15) is 18.0 Å². The van der Waals surface area contributed by atoms with Crippen LogP contribution in [-0.4, -0.2) is 33.4 Å². The van der Waals surface area contributed by atoms with Crippen molar-refractivity contribution < 1.29 is 18.6 Å². The number of methoxy groups -OCH3 is 2. The number of hydrogen-bond acceptors (Lipinski definition) is 5. The maximum Gasteiger partial charge on any atom is 0.203 e. The van der Waals surface area contributed by atoms with Crippen molar-refractivity contribution in [3.05, 3.63) is 47.8 Å². The highest BCUT2D eigenvalue weighted by Crippen LogP contribution is 2.38. The molecular formula is C20H21FN2O3. The van der Waals surface area contributed by atoms with E-state index < -0.39 is 5.82 Å². The molecule has 0 aliphatic carbocycles. The summed E-state index contributed by atoms with van der Waals surface area (Å²) >= 11 is 0. The Labute approximate surface area is 152 Å². The van der Waals surface area contributed by atoms with Crippen molar-refractivity contribution >= 4 is 5.69 Å². The van der Waals surface area contributed by atoms with Crippen LogP contribution in [-0.2, 0) is 0 Å². The highest BCUT2D eigenvalue weighted by molar-refractivity contribution is 5.59. The van der Waals surface area contributed by atoms with Gasteiger partial charge in [-0.1, -0.05) is 6.07 Å². The number of anilines is 1. The second-order valence-corrected chi connectivity index (χ2v) is 6.07. The predicted octanol–water partition coefficient (Wildman–Crippen LogP) is 3.76. The van der Waals surface area contributed by atoms with Crippen LogP contribution in [0.3, 0.4) is 0 Å². The Bertz CT molecular complexity index is 789. The Kier molecular flexibility index (Phi) is 5.47. The Morgan fingerprint density at radius 1 is 1.08 bits per heavy atom. The van der Waals surface area contributed by atoms with E-state index in [1.54, 1.807) is 20.3 Å². The van der Waals surface area contributed by atoms with Crippen LogP contribution in [0.2, 0.25) is 0 Å². The summed E-state index contributed by atoms with van der Waals surface area (Å²) in [6, 6.07) is 11.9. The van der Waals surface area contributed by atoms with Crippen LogP contribution in [0.15, 0.2) is 36.4 Å². The average Bonchev–Trinajstić information content (AvgIpc) is 2.68. The van der Waals surface area contributed by atoms with Crippen LogP contribution < -0.4 is 19.1 Å². The van der Waals surface area contributed by atoms with Gasteiger partial charge in [-0.15, -0.1) is 0 Å². The Morgan fingerprint density at radius 3 is 2.31 bits per heavy atom. The molecule has 0 unspecified atom stereocenters. The van der Waals surface area contributed by atoms with Gasteiger partial charge in [0.05, 0.1) is 25.5 Å². The molecule has 0 saturated carbocycles. The number of piperidine rings is 1. The van der Waals surface area contributed by atoms with Gasteiger partial charge in [-0.05, 0) is 30.3 Å². The molecule has 0 spiro atoms. The van der Waals surface area contributed by atoms with E-state index in [1.807, 2.05) is 18.2 Å². The van der Waals surface area contributed by atoms with Gasteiger partial charge in [-0.25, -0.2) is 4.39 Å². The Balaban J connectivity index is 1.70. The Hall–Kier alpha value is -2.94. The molecule has 2 aromatic rings. The van der Waals surface area contributed by atoms with E-state index in [2.05, 4.69) is 11.0 Å². The van der Waals surface area contributed by atoms with Crippen molar-refractivity contribution in [2.45, 2.75) is 18.9 Å². The average molecular weight is 356 g/mol. The third-order valence-electron chi connectivity index (χ3n) is 4.53. The van der Waals surface area contributed by atoms with Crippen LogP contribution in [0.4, 0.5) is 10.1 Å². The zero-order valence-electron chi connectivity index (χ0n) is 14.9. The maximum absolute atomic E-state index is 13.3. The molecule has 1 fully saturated rings. The molecular weight excluding hydrogens is 335 g/mol. The molecule has 0 aromatic heterocycles. The summed E-state index contributed by atoms with van der Waals surface area (Å²) in [5.74, 6) is 1.48. The summed E-state index contributed by atoms with van der Waals surface area (Å²) < 4.78 is 30.2. The third kappa shape index (κ3) is 3.67. The summed E-state index contributed by atoms with van der Waals surface area (Å²) in [4.78, 5) is 2.09. The van der Waals surface area contributed by atoms with Crippen LogP contribution in [0, 0.1) is 17.1 Å². The van der Waals surface area contributed by atoms with Gasteiger partial charge in [-0.3, -0.25) is 0 Å². The lowest BCUT2D eigenvalue weighted by molar-refractivity contribution is 0.158. The van der Waals surface area contributed by atoms with E-state index in [0.717, 1.165) is 31.6 Å². The molecule has 6 heteroatoms.